The van der Waals surface area contributed by atoms with Crippen LogP contribution in [0.1, 0.15) is 31.2 Å². The molecule has 0 aromatic heterocycles. The molecule has 1 aliphatic rings. The SMILES string of the molecule is CN[C@@]1(c2ccc(F)cc2)CCCCC1=O. The fraction of sp³-hybridized carbons (Fsp3) is 0.462. The van der Waals surface area contributed by atoms with Gasteiger partial charge in [0.1, 0.15) is 11.4 Å². The van der Waals surface area contributed by atoms with E-state index in [-0.39, 0.29) is 11.6 Å². The molecule has 1 aromatic rings. The Bertz CT molecular complexity index is 387. The number of rotatable bonds is 2. The van der Waals surface area contributed by atoms with E-state index in [0.717, 1.165) is 24.8 Å². The van der Waals surface area contributed by atoms with E-state index >= 15 is 0 Å². The zero-order chi connectivity index (χ0) is 11.6. The normalized spacial score (nSPS) is 25.8. The largest absolute Gasteiger partial charge is 0.304 e. The van der Waals surface area contributed by atoms with Gasteiger partial charge in [-0.3, -0.25) is 4.79 Å². The van der Waals surface area contributed by atoms with Crippen LogP contribution >= 0.6 is 0 Å². The summed E-state index contributed by atoms with van der Waals surface area (Å²) in [5.74, 6) is -0.0499. The van der Waals surface area contributed by atoms with Crippen LogP contribution in [0.15, 0.2) is 24.3 Å². The Labute approximate surface area is 94.9 Å². The second kappa shape index (κ2) is 4.34. The van der Waals surface area contributed by atoms with Crippen molar-refractivity contribution in [1.29, 1.82) is 0 Å². The Balaban J connectivity index is 2.40. The average Bonchev–Trinajstić information content (AvgIpc) is 2.31. The standard InChI is InChI=1S/C13H16FNO/c1-15-13(9-3-2-4-12(13)16)10-5-7-11(14)8-6-10/h5-8,15H,2-4,9H2,1H3/t13-/m1/s1. The highest BCUT2D eigenvalue weighted by atomic mass is 19.1. The lowest BCUT2D eigenvalue weighted by Gasteiger charge is -2.36. The van der Waals surface area contributed by atoms with Gasteiger partial charge in [-0.05, 0) is 37.6 Å². The average molecular weight is 221 g/mol. The zero-order valence-electron chi connectivity index (χ0n) is 9.42. The Morgan fingerprint density at radius 2 is 1.94 bits per heavy atom. The number of halogens is 1. The predicted octanol–water partition coefficient (Wildman–Crippen LogP) is 2.38. The Morgan fingerprint density at radius 1 is 1.25 bits per heavy atom. The highest BCUT2D eigenvalue weighted by molar-refractivity contribution is 5.90. The predicted molar refractivity (Wildman–Crippen MR) is 60.6 cm³/mol. The van der Waals surface area contributed by atoms with Crippen LogP contribution < -0.4 is 5.32 Å². The van der Waals surface area contributed by atoms with Gasteiger partial charge in [0, 0.05) is 6.42 Å². The third-order valence-electron chi connectivity index (χ3n) is 3.45. The first-order valence-corrected chi connectivity index (χ1v) is 5.67. The van der Waals surface area contributed by atoms with Gasteiger partial charge in [-0.15, -0.1) is 0 Å². The molecule has 1 aromatic carbocycles. The van der Waals surface area contributed by atoms with Crippen LogP contribution in [0.2, 0.25) is 0 Å². The molecule has 0 aliphatic heterocycles. The van der Waals surface area contributed by atoms with Gasteiger partial charge >= 0.3 is 0 Å². The molecule has 0 bridgehead atoms. The molecule has 1 saturated carbocycles. The monoisotopic (exact) mass is 221 g/mol. The zero-order valence-corrected chi connectivity index (χ0v) is 9.42. The number of likely N-dealkylation sites (N-methyl/N-ethyl adjacent to an activating group) is 1. The van der Waals surface area contributed by atoms with Crippen molar-refractivity contribution in [3.8, 4) is 0 Å². The van der Waals surface area contributed by atoms with Crippen LogP contribution in [0.5, 0.6) is 0 Å². The van der Waals surface area contributed by atoms with Gasteiger partial charge in [0.05, 0.1) is 0 Å². The van der Waals surface area contributed by atoms with E-state index in [4.69, 9.17) is 0 Å². The molecule has 0 amide bonds. The number of ketones is 1. The van der Waals surface area contributed by atoms with E-state index in [1.165, 1.54) is 12.1 Å². The van der Waals surface area contributed by atoms with Crippen molar-refractivity contribution in [1.82, 2.24) is 5.32 Å². The summed E-state index contributed by atoms with van der Waals surface area (Å²) in [6.45, 7) is 0. The van der Waals surface area contributed by atoms with Crippen molar-refractivity contribution in [2.75, 3.05) is 7.05 Å². The van der Waals surface area contributed by atoms with Gasteiger partial charge in [0.2, 0.25) is 0 Å². The Kier molecular flexibility index (Phi) is 3.06. The summed E-state index contributed by atoms with van der Waals surface area (Å²) in [7, 11) is 1.80. The lowest BCUT2D eigenvalue weighted by atomic mass is 9.75. The Hall–Kier alpha value is -1.22. The molecule has 2 rings (SSSR count). The number of carbonyl (C=O) groups is 1. The van der Waals surface area contributed by atoms with Crippen molar-refractivity contribution < 1.29 is 9.18 Å². The molecule has 1 N–H and O–H groups in total. The molecule has 0 spiro atoms. The summed E-state index contributed by atoms with van der Waals surface area (Å²) >= 11 is 0. The lowest BCUT2D eigenvalue weighted by Crippen LogP contribution is -2.49. The molecule has 1 atom stereocenters. The fourth-order valence-corrected chi connectivity index (χ4v) is 2.48. The van der Waals surface area contributed by atoms with Gasteiger partial charge < -0.3 is 5.32 Å². The van der Waals surface area contributed by atoms with E-state index < -0.39 is 5.54 Å². The van der Waals surface area contributed by atoms with E-state index in [1.807, 2.05) is 0 Å². The third kappa shape index (κ3) is 1.76. The molecule has 16 heavy (non-hydrogen) atoms. The number of hydrogen-bond donors (Lipinski definition) is 1. The summed E-state index contributed by atoms with van der Waals surface area (Å²) in [5, 5.41) is 3.13. The van der Waals surface area contributed by atoms with Crippen LogP contribution in [0.3, 0.4) is 0 Å². The maximum atomic E-state index is 12.9. The van der Waals surface area contributed by atoms with Crippen LogP contribution in [0, 0.1) is 5.82 Å². The third-order valence-corrected chi connectivity index (χ3v) is 3.45. The topological polar surface area (TPSA) is 29.1 Å². The second-order valence-corrected chi connectivity index (χ2v) is 4.29. The molecule has 2 nitrogen and oxygen atoms in total. The second-order valence-electron chi connectivity index (χ2n) is 4.29. The maximum Gasteiger partial charge on any atom is 0.157 e. The van der Waals surface area contributed by atoms with Crippen molar-refractivity contribution in [2.45, 2.75) is 31.2 Å². The molecule has 0 saturated heterocycles. The minimum absolute atomic E-state index is 0.216. The van der Waals surface area contributed by atoms with Gasteiger partial charge in [-0.2, -0.15) is 0 Å². The number of hydrogen-bond acceptors (Lipinski definition) is 2. The van der Waals surface area contributed by atoms with Crippen LogP contribution in [-0.2, 0) is 10.3 Å². The van der Waals surface area contributed by atoms with Crippen LogP contribution in [-0.4, -0.2) is 12.8 Å². The number of Topliss-reactive ketones (excluding diaryl/α,β-unsaturated/α-hetero) is 1. The van der Waals surface area contributed by atoms with Crippen molar-refractivity contribution in [3.63, 3.8) is 0 Å². The summed E-state index contributed by atoms with van der Waals surface area (Å²) in [4.78, 5) is 12.1. The summed E-state index contributed by atoms with van der Waals surface area (Å²) in [5.41, 5.74) is 0.285. The van der Waals surface area contributed by atoms with E-state index in [2.05, 4.69) is 5.32 Å². The van der Waals surface area contributed by atoms with E-state index in [1.54, 1.807) is 19.2 Å². The molecule has 0 radical (unpaired) electrons. The molecule has 0 heterocycles. The van der Waals surface area contributed by atoms with Crippen LogP contribution in [0.25, 0.3) is 0 Å². The number of carbonyl (C=O) groups excluding carboxylic acids is 1. The van der Waals surface area contributed by atoms with Gasteiger partial charge in [0.15, 0.2) is 5.78 Å². The minimum Gasteiger partial charge on any atom is -0.304 e. The molecule has 0 unspecified atom stereocenters. The summed E-state index contributed by atoms with van der Waals surface area (Å²) in [6.07, 6.45) is 3.40. The molecule has 1 aliphatic carbocycles. The minimum atomic E-state index is -0.591. The van der Waals surface area contributed by atoms with Crippen molar-refractivity contribution in [3.05, 3.63) is 35.6 Å². The van der Waals surface area contributed by atoms with E-state index in [9.17, 15) is 9.18 Å². The van der Waals surface area contributed by atoms with Gasteiger partial charge in [-0.1, -0.05) is 18.6 Å². The quantitative estimate of drug-likeness (QED) is 0.830. The fourth-order valence-electron chi connectivity index (χ4n) is 2.48. The van der Waals surface area contributed by atoms with E-state index in [0.29, 0.717) is 6.42 Å². The lowest BCUT2D eigenvalue weighted by molar-refractivity contribution is -0.127. The first-order valence-electron chi connectivity index (χ1n) is 5.67. The molecular formula is C13H16FNO. The highest BCUT2D eigenvalue weighted by Crippen LogP contribution is 2.34. The number of benzene rings is 1. The molecule has 86 valence electrons. The van der Waals surface area contributed by atoms with Gasteiger partial charge in [0.25, 0.3) is 0 Å². The maximum absolute atomic E-state index is 12.9. The molecule has 3 heteroatoms. The van der Waals surface area contributed by atoms with Gasteiger partial charge in [-0.25, -0.2) is 4.39 Å². The highest BCUT2D eigenvalue weighted by Gasteiger charge is 2.39. The van der Waals surface area contributed by atoms with Crippen LogP contribution in [0.4, 0.5) is 4.39 Å². The van der Waals surface area contributed by atoms with Crippen molar-refractivity contribution in [2.24, 2.45) is 0 Å². The molecule has 1 fully saturated rings. The Morgan fingerprint density at radius 3 is 2.50 bits per heavy atom. The smallest absolute Gasteiger partial charge is 0.157 e. The first kappa shape index (κ1) is 11.3. The summed E-state index contributed by atoms with van der Waals surface area (Å²) < 4.78 is 12.9. The summed E-state index contributed by atoms with van der Waals surface area (Å²) in [6, 6.07) is 6.23. The molecular weight excluding hydrogens is 205 g/mol. The van der Waals surface area contributed by atoms with Crippen molar-refractivity contribution >= 4 is 5.78 Å². The number of nitrogens with one attached hydrogen (secondary N) is 1. The first-order chi connectivity index (χ1) is 7.69.